The van der Waals surface area contributed by atoms with Gasteiger partial charge in [0.25, 0.3) is 0 Å². The van der Waals surface area contributed by atoms with Crippen LogP contribution in [-0.4, -0.2) is 20.0 Å². The van der Waals surface area contributed by atoms with Crippen LogP contribution < -0.4 is 0 Å². The number of rotatable bonds is 3. The predicted octanol–water partition coefficient (Wildman–Crippen LogP) is 9.36. The van der Waals surface area contributed by atoms with Gasteiger partial charge in [-0.25, -0.2) is 4.98 Å². The Kier molecular flexibility index (Phi) is 4.83. The second-order valence-electron chi connectivity index (χ2n) is 10.6. The molecule has 7 aromatic carbocycles. The maximum atomic E-state index is 6.42. The number of hydrogen-bond donors (Lipinski definition) is 0. The van der Waals surface area contributed by atoms with Gasteiger partial charge in [-0.1, -0.05) is 84.9 Å². The van der Waals surface area contributed by atoms with Gasteiger partial charge in [-0.05, 0) is 86.6 Å². The molecule has 0 aliphatic carbocycles. The van der Waals surface area contributed by atoms with Crippen LogP contribution in [-0.2, 0) is 0 Å². The third-order valence-corrected chi connectivity index (χ3v) is 8.05. The Morgan fingerprint density at radius 1 is 0.476 bits per heavy atom. The van der Waals surface area contributed by atoms with Crippen molar-refractivity contribution in [1.29, 1.82) is 0 Å². The fourth-order valence-corrected chi connectivity index (χ4v) is 5.92. The molecule has 0 radical (unpaired) electrons. The summed E-state index contributed by atoms with van der Waals surface area (Å²) >= 11 is 0. The molecule has 0 amide bonds. The van der Waals surface area contributed by atoms with Crippen LogP contribution in [0.2, 0.25) is 0 Å². The lowest BCUT2D eigenvalue weighted by molar-refractivity contribution is 0.623. The summed E-state index contributed by atoms with van der Waals surface area (Å²) in [7, 11) is 0. The van der Waals surface area contributed by atoms with Gasteiger partial charge in [0.15, 0.2) is 5.58 Å². The van der Waals surface area contributed by atoms with Crippen LogP contribution in [0.5, 0.6) is 0 Å². The van der Waals surface area contributed by atoms with Crippen molar-refractivity contribution in [3.8, 4) is 28.3 Å². The smallest absolute Gasteiger partial charge is 0.227 e. The highest BCUT2D eigenvalue weighted by atomic mass is 16.3. The summed E-state index contributed by atoms with van der Waals surface area (Å²) in [6.45, 7) is 0. The van der Waals surface area contributed by atoms with Crippen molar-refractivity contribution in [2.24, 2.45) is 0 Å². The Balaban J connectivity index is 1.18. The molecular formula is C37H22N4O. The lowest BCUT2D eigenvalue weighted by atomic mass is 9.96. The third kappa shape index (κ3) is 3.61. The molecule has 0 fully saturated rings. The molecule has 5 heteroatoms. The summed E-state index contributed by atoms with van der Waals surface area (Å²) in [6.07, 6.45) is 0. The van der Waals surface area contributed by atoms with Crippen molar-refractivity contribution >= 4 is 54.5 Å². The van der Waals surface area contributed by atoms with Gasteiger partial charge in [-0.2, -0.15) is 4.80 Å². The van der Waals surface area contributed by atoms with E-state index < -0.39 is 0 Å². The third-order valence-electron chi connectivity index (χ3n) is 8.05. The molecule has 0 N–H and O–H groups in total. The van der Waals surface area contributed by atoms with Crippen molar-refractivity contribution in [2.45, 2.75) is 0 Å². The van der Waals surface area contributed by atoms with Gasteiger partial charge < -0.3 is 4.42 Å². The Labute approximate surface area is 240 Å². The summed E-state index contributed by atoms with van der Waals surface area (Å²) < 4.78 is 6.42. The van der Waals surface area contributed by atoms with Gasteiger partial charge in [-0.15, -0.1) is 10.2 Å². The zero-order chi connectivity index (χ0) is 27.6. The van der Waals surface area contributed by atoms with Crippen molar-refractivity contribution < 1.29 is 4.42 Å². The normalized spacial score (nSPS) is 11.8. The molecule has 0 aliphatic heterocycles. The number of nitrogens with zero attached hydrogens (tertiary/aromatic N) is 4. The van der Waals surface area contributed by atoms with Crippen LogP contribution in [0.15, 0.2) is 138 Å². The van der Waals surface area contributed by atoms with Crippen LogP contribution in [0.1, 0.15) is 0 Å². The first-order valence-corrected chi connectivity index (χ1v) is 13.9. The van der Waals surface area contributed by atoms with E-state index in [1.54, 1.807) is 4.80 Å². The van der Waals surface area contributed by atoms with Crippen molar-refractivity contribution in [3.63, 3.8) is 0 Å². The van der Waals surface area contributed by atoms with E-state index in [1.165, 1.54) is 5.39 Å². The quantitative estimate of drug-likeness (QED) is 0.210. The molecule has 9 aromatic rings. The van der Waals surface area contributed by atoms with E-state index in [2.05, 4.69) is 84.9 Å². The first kappa shape index (κ1) is 22.9. The minimum absolute atomic E-state index is 0.631. The summed E-state index contributed by atoms with van der Waals surface area (Å²) in [4.78, 5) is 6.54. The van der Waals surface area contributed by atoms with E-state index in [-0.39, 0.29) is 0 Å². The zero-order valence-electron chi connectivity index (χ0n) is 22.4. The monoisotopic (exact) mass is 538 g/mol. The molecule has 2 heterocycles. The SMILES string of the molecule is c1ccc(-c2nc3ccc4ccc5ccc(-c6ccc7nn(-c8ccc9ccccc9c8)nc7c6)cc5c4c3o2)cc1. The molecule has 0 aliphatic rings. The van der Waals surface area contributed by atoms with E-state index in [9.17, 15) is 0 Å². The topological polar surface area (TPSA) is 56.7 Å². The first-order valence-electron chi connectivity index (χ1n) is 13.9. The maximum absolute atomic E-state index is 6.42. The minimum Gasteiger partial charge on any atom is -0.435 e. The fourth-order valence-electron chi connectivity index (χ4n) is 5.92. The lowest BCUT2D eigenvalue weighted by Gasteiger charge is -2.08. The number of fused-ring (bicyclic) bond motifs is 7. The van der Waals surface area contributed by atoms with Gasteiger partial charge in [-0.3, -0.25) is 0 Å². The molecule has 0 unspecified atom stereocenters. The van der Waals surface area contributed by atoms with E-state index in [0.717, 1.165) is 71.4 Å². The molecule has 9 rings (SSSR count). The number of aromatic nitrogens is 4. The largest absolute Gasteiger partial charge is 0.435 e. The minimum atomic E-state index is 0.631. The summed E-state index contributed by atoms with van der Waals surface area (Å²) in [5, 5.41) is 16.4. The molecule has 0 saturated heterocycles. The van der Waals surface area contributed by atoms with E-state index in [0.29, 0.717) is 5.89 Å². The van der Waals surface area contributed by atoms with Crippen LogP contribution in [0, 0.1) is 0 Å². The predicted molar refractivity (Wildman–Crippen MR) is 170 cm³/mol. The van der Waals surface area contributed by atoms with E-state index in [1.807, 2.05) is 48.5 Å². The second-order valence-corrected chi connectivity index (χ2v) is 10.6. The molecule has 0 saturated carbocycles. The molecular weight excluding hydrogens is 516 g/mol. The molecule has 0 spiro atoms. The second kappa shape index (κ2) is 8.85. The Morgan fingerprint density at radius 3 is 2.10 bits per heavy atom. The highest BCUT2D eigenvalue weighted by molar-refractivity contribution is 6.18. The number of hydrogen-bond acceptors (Lipinski definition) is 4. The summed E-state index contributed by atoms with van der Waals surface area (Å²) in [5.41, 5.74) is 7.47. The van der Waals surface area contributed by atoms with Gasteiger partial charge in [0, 0.05) is 10.9 Å². The average Bonchev–Trinajstić information content (AvgIpc) is 3.69. The molecule has 42 heavy (non-hydrogen) atoms. The van der Waals surface area contributed by atoms with Gasteiger partial charge in [0.1, 0.15) is 16.6 Å². The van der Waals surface area contributed by atoms with Crippen LogP contribution >= 0.6 is 0 Å². The molecule has 0 atom stereocenters. The molecule has 0 bridgehead atoms. The average molecular weight is 539 g/mol. The first-order chi connectivity index (χ1) is 20.8. The van der Waals surface area contributed by atoms with E-state index in [4.69, 9.17) is 19.6 Å². The highest BCUT2D eigenvalue weighted by Gasteiger charge is 2.14. The molecule has 196 valence electrons. The van der Waals surface area contributed by atoms with Crippen molar-refractivity contribution in [2.75, 3.05) is 0 Å². The van der Waals surface area contributed by atoms with E-state index >= 15 is 0 Å². The summed E-state index contributed by atoms with van der Waals surface area (Å²) in [5.74, 6) is 0.631. The number of oxazole rings is 1. The van der Waals surface area contributed by atoms with Crippen LogP contribution in [0.3, 0.4) is 0 Å². The van der Waals surface area contributed by atoms with Gasteiger partial charge in [0.05, 0.1) is 5.69 Å². The summed E-state index contributed by atoms with van der Waals surface area (Å²) in [6, 6.07) is 46.0. The zero-order valence-corrected chi connectivity index (χ0v) is 22.4. The Bertz CT molecular complexity index is 2470. The van der Waals surface area contributed by atoms with Gasteiger partial charge in [0.2, 0.25) is 5.89 Å². The lowest BCUT2D eigenvalue weighted by Crippen LogP contribution is -1.97. The Morgan fingerprint density at radius 2 is 1.17 bits per heavy atom. The molecule has 5 nitrogen and oxygen atoms in total. The molecule has 2 aromatic heterocycles. The van der Waals surface area contributed by atoms with Crippen molar-refractivity contribution in [3.05, 3.63) is 133 Å². The number of benzene rings is 7. The van der Waals surface area contributed by atoms with Gasteiger partial charge >= 0.3 is 0 Å². The fraction of sp³-hybridized carbons (Fsp3) is 0. The van der Waals surface area contributed by atoms with Crippen molar-refractivity contribution in [1.82, 2.24) is 20.0 Å². The standard InChI is InChI=1S/C37H22N4O/c1-2-7-26(8-3-1)37-38-33-19-15-25-12-10-24-11-13-28(21-31(24)35(25)36(33)42-37)29-16-18-32-34(22-29)40-41(39-32)30-17-14-23-6-4-5-9-27(23)20-30/h1-22H. The Hall–Kier alpha value is -5.81. The van der Waals surface area contributed by atoms with Crippen LogP contribution in [0.4, 0.5) is 0 Å². The maximum Gasteiger partial charge on any atom is 0.227 e. The highest BCUT2D eigenvalue weighted by Crippen LogP contribution is 2.37. The van der Waals surface area contributed by atoms with Crippen LogP contribution in [0.25, 0.3) is 82.7 Å².